The summed E-state index contributed by atoms with van der Waals surface area (Å²) in [5.41, 5.74) is 3.50. The molecule has 3 rings (SSSR count). The highest BCUT2D eigenvalue weighted by atomic mass is 32.1. The molecule has 0 fully saturated rings. The second-order valence-electron chi connectivity index (χ2n) is 6.23. The lowest BCUT2D eigenvalue weighted by molar-refractivity contribution is 0.0694. The molecule has 0 saturated heterocycles. The molecule has 136 valence electrons. The Hall–Kier alpha value is -2.44. The van der Waals surface area contributed by atoms with Crippen LogP contribution in [0, 0.1) is 19.7 Å². The second kappa shape index (κ2) is 7.85. The van der Waals surface area contributed by atoms with E-state index in [4.69, 9.17) is 0 Å². The van der Waals surface area contributed by atoms with Crippen LogP contribution in [-0.4, -0.2) is 15.6 Å². The lowest BCUT2D eigenvalue weighted by Gasteiger charge is -2.10. The Morgan fingerprint density at radius 2 is 2.00 bits per heavy atom. The minimum Gasteiger partial charge on any atom is -0.478 e. The van der Waals surface area contributed by atoms with E-state index in [1.165, 1.54) is 17.0 Å². The molecule has 2 N–H and O–H groups in total. The van der Waals surface area contributed by atoms with E-state index in [0.717, 1.165) is 16.8 Å². The Labute approximate surface area is 155 Å². The van der Waals surface area contributed by atoms with Gasteiger partial charge in [-0.05, 0) is 43.0 Å². The van der Waals surface area contributed by atoms with Gasteiger partial charge in [-0.15, -0.1) is 11.3 Å². The number of rotatable bonds is 7. The number of hydrogen-bond acceptors (Lipinski definition) is 3. The maximum atomic E-state index is 13.5. The van der Waals surface area contributed by atoms with Crippen LogP contribution in [0.15, 0.2) is 41.8 Å². The van der Waals surface area contributed by atoms with Crippen molar-refractivity contribution in [1.82, 2.24) is 9.88 Å². The van der Waals surface area contributed by atoms with E-state index in [9.17, 15) is 14.3 Å². The number of hydrogen-bond donors (Lipinski definition) is 2. The molecule has 0 aliphatic heterocycles. The van der Waals surface area contributed by atoms with Gasteiger partial charge in [-0.3, -0.25) is 0 Å². The Kier molecular flexibility index (Phi) is 5.54. The van der Waals surface area contributed by atoms with Crippen LogP contribution < -0.4 is 5.32 Å². The van der Waals surface area contributed by atoms with Gasteiger partial charge in [0.1, 0.15) is 5.82 Å². The van der Waals surface area contributed by atoms with Crippen molar-refractivity contribution in [3.05, 3.63) is 80.6 Å². The molecule has 1 aromatic carbocycles. The second-order valence-corrected chi connectivity index (χ2v) is 7.26. The number of benzene rings is 1. The topological polar surface area (TPSA) is 54.3 Å². The van der Waals surface area contributed by atoms with E-state index in [1.54, 1.807) is 24.3 Å². The van der Waals surface area contributed by atoms with E-state index < -0.39 is 5.97 Å². The summed E-state index contributed by atoms with van der Waals surface area (Å²) < 4.78 is 15.4. The van der Waals surface area contributed by atoms with E-state index in [0.29, 0.717) is 30.9 Å². The monoisotopic (exact) mass is 372 g/mol. The number of nitrogens with one attached hydrogen (secondary N) is 1. The molecule has 4 nitrogen and oxygen atoms in total. The Morgan fingerprint density at radius 3 is 2.65 bits per heavy atom. The van der Waals surface area contributed by atoms with Crippen molar-refractivity contribution in [3.63, 3.8) is 0 Å². The van der Waals surface area contributed by atoms with E-state index >= 15 is 0 Å². The largest absolute Gasteiger partial charge is 0.478 e. The number of aromatic nitrogens is 1. The third-order valence-corrected chi connectivity index (χ3v) is 5.41. The number of carbonyl (C=O) groups is 1. The van der Waals surface area contributed by atoms with E-state index in [2.05, 4.69) is 5.32 Å². The average Bonchev–Trinajstić information content (AvgIpc) is 3.18. The highest BCUT2D eigenvalue weighted by molar-refractivity contribution is 7.09. The number of halogens is 1. The van der Waals surface area contributed by atoms with Gasteiger partial charge in [0.15, 0.2) is 0 Å². The van der Waals surface area contributed by atoms with Gasteiger partial charge < -0.3 is 15.0 Å². The van der Waals surface area contributed by atoms with Gasteiger partial charge in [0.25, 0.3) is 0 Å². The molecule has 0 aliphatic carbocycles. The molecule has 0 atom stereocenters. The van der Waals surface area contributed by atoms with Gasteiger partial charge in [-0.1, -0.05) is 18.2 Å². The number of nitrogens with zero attached hydrogens (tertiary/aromatic N) is 1. The third kappa shape index (κ3) is 3.86. The summed E-state index contributed by atoms with van der Waals surface area (Å²) in [7, 11) is 0. The summed E-state index contributed by atoms with van der Waals surface area (Å²) in [5, 5.41) is 15.0. The highest BCUT2D eigenvalue weighted by Crippen LogP contribution is 2.24. The van der Waals surface area contributed by atoms with Crippen molar-refractivity contribution in [3.8, 4) is 0 Å². The number of aromatic carboxylic acids is 1. The molecule has 0 amide bonds. The first-order valence-corrected chi connectivity index (χ1v) is 9.24. The molecule has 3 aromatic rings. The zero-order chi connectivity index (χ0) is 18.7. The van der Waals surface area contributed by atoms with Crippen molar-refractivity contribution < 1.29 is 14.3 Å². The van der Waals surface area contributed by atoms with E-state index in [1.807, 2.05) is 35.1 Å². The van der Waals surface area contributed by atoms with E-state index in [-0.39, 0.29) is 5.82 Å². The molecule has 0 saturated carbocycles. The first-order valence-electron chi connectivity index (χ1n) is 8.36. The standard InChI is InChI=1S/C20H21FN2O2S/c1-13-18(11-22-10-17-7-4-8-26-17)19(20(24)25)14(2)23(13)12-15-5-3-6-16(21)9-15/h3-9,22H,10-12H2,1-2H3,(H,24,25). The maximum Gasteiger partial charge on any atom is 0.337 e. The lowest BCUT2D eigenvalue weighted by atomic mass is 10.1. The molecular weight excluding hydrogens is 351 g/mol. The van der Waals surface area contributed by atoms with Crippen LogP contribution in [-0.2, 0) is 19.6 Å². The summed E-state index contributed by atoms with van der Waals surface area (Å²) in [5.74, 6) is -1.22. The molecular formula is C20H21FN2O2S. The molecule has 0 bridgehead atoms. The molecule has 0 unspecified atom stereocenters. The Balaban J connectivity index is 1.87. The number of thiophene rings is 1. The maximum absolute atomic E-state index is 13.5. The van der Waals surface area contributed by atoms with Gasteiger partial charge >= 0.3 is 5.97 Å². The first-order chi connectivity index (χ1) is 12.5. The third-order valence-electron chi connectivity index (χ3n) is 4.53. The van der Waals surface area contributed by atoms with Gasteiger partial charge in [-0.2, -0.15) is 0 Å². The lowest BCUT2D eigenvalue weighted by Crippen LogP contribution is -2.15. The molecule has 2 aromatic heterocycles. The SMILES string of the molecule is Cc1c(CNCc2cccs2)c(C(=O)O)c(C)n1Cc1cccc(F)c1. The molecule has 2 heterocycles. The highest BCUT2D eigenvalue weighted by Gasteiger charge is 2.22. The average molecular weight is 372 g/mol. The van der Waals surface area contributed by atoms with Crippen molar-refractivity contribution in [2.75, 3.05) is 0 Å². The van der Waals surface area contributed by atoms with Gasteiger partial charge in [0, 0.05) is 41.5 Å². The Morgan fingerprint density at radius 1 is 1.19 bits per heavy atom. The van der Waals surface area contributed by atoms with Crippen LogP contribution in [0.3, 0.4) is 0 Å². The van der Waals surface area contributed by atoms with Crippen molar-refractivity contribution in [2.45, 2.75) is 33.5 Å². The minimum atomic E-state index is -0.934. The van der Waals surface area contributed by atoms with Crippen molar-refractivity contribution in [1.29, 1.82) is 0 Å². The van der Waals surface area contributed by atoms with Crippen LogP contribution in [0.5, 0.6) is 0 Å². The molecule has 6 heteroatoms. The number of carboxylic acid groups (broad SMARTS) is 1. The fourth-order valence-electron chi connectivity index (χ4n) is 3.23. The van der Waals surface area contributed by atoms with Crippen molar-refractivity contribution in [2.24, 2.45) is 0 Å². The summed E-state index contributed by atoms with van der Waals surface area (Å²) in [4.78, 5) is 13.0. The molecule has 0 radical (unpaired) electrons. The minimum absolute atomic E-state index is 0.291. The zero-order valence-electron chi connectivity index (χ0n) is 14.8. The predicted octanol–water partition coefficient (Wildman–Crippen LogP) is 4.34. The normalized spacial score (nSPS) is 11.0. The molecule has 0 spiro atoms. The zero-order valence-corrected chi connectivity index (χ0v) is 15.6. The van der Waals surface area contributed by atoms with Gasteiger partial charge in [-0.25, -0.2) is 9.18 Å². The predicted molar refractivity (Wildman–Crippen MR) is 101 cm³/mol. The summed E-state index contributed by atoms with van der Waals surface area (Å²) in [6, 6.07) is 10.4. The first kappa shape index (κ1) is 18.4. The summed E-state index contributed by atoms with van der Waals surface area (Å²) in [6.07, 6.45) is 0. The van der Waals surface area contributed by atoms with Gasteiger partial charge in [0.05, 0.1) is 5.56 Å². The quantitative estimate of drug-likeness (QED) is 0.649. The fourth-order valence-corrected chi connectivity index (χ4v) is 3.90. The van der Waals surface area contributed by atoms with Crippen LogP contribution in [0.4, 0.5) is 4.39 Å². The van der Waals surface area contributed by atoms with Crippen LogP contribution >= 0.6 is 11.3 Å². The van der Waals surface area contributed by atoms with Crippen LogP contribution in [0.25, 0.3) is 0 Å². The smallest absolute Gasteiger partial charge is 0.337 e. The van der Waals surface area contributed by atoms with Crippen molar-refractivity contribution >= 4 is 17.3 Å². The number of carboxylic acids is 1. The molecule has 26 heavy (non-hydrogen) atoms. The van der Waals surface area contributed by atoms with Crippen LogP contribution in [0.2, 0.25) is 0 Å². The summed E-state index contributed by atoms with van der Waals surface area (Å²) in [6.45, 7) is 5.34. The van der Waals surface area contributed by atoms with Crippen LogP contribution in [0.1, 0.15) is 37.7 Å². The Bertz CT molecular complexity index is 916. The fraction of sp³-hybridized carbons (Fsp3) is 0.250. The molecule has 0 aliphatic rings. The van der Waals surface area contributed by atoms with Gasteiger partial charge in [0.2, 0.25) is 0 Å². The summed E-state index contributed by atoms with van der Waals surface area (Å²) >= 11 is 1.66.